The quantitative estimate of drug-likeness (QED) is 0.351. The van der Waals surface area contributed by atoms with Crippen molar-refractivity contribution in [2.24, 2.45) is 18.4 Å². The first-order valence-electron chi connectivity index (χ1n) is 15.7. The Morgan fingerprint density at radius 2 is 1.60 bits per heavy atom. The van der Waals surface area contributed by atoms with Gasteiger partial charge in [0.15, 0.2) is 0 Å². The fraction of sp³-hybridized carbons (Fsp3) is 0.562. The Labute approximate surface area is 267 Å². The largest absolute Gasteiger partial charge is 0.416 e. The molecular formula is C32H35F6N7O2. The number of carbonyl (C=O) groups is 1. The summed E-state index contributed by atoms with van der Waals surface area (Å²) in [6.45, 7) is 3.14. The van der Waals surface area contributed by atoms with Gasteiger partial charge in [-0.1, -0.05) is 6.92 Å². The minimum Gasteiger partial charge on any atom is -0.393 e. The van der Waals surface area contributed by atoms with Crippen LogP contribution in [0.3, 0.4) is 0 Å². The number of halogens is 6. The second-order valence-corrected chi connectivity index (χ2v) is 13.8. The number of amides is 2. The molecule has 7 rings (SSSR count). The molecule has 3 aromatic rings. The number of aliphatic hydroxyl groups excluding tert-OH is 1. The number of urea groups is 1. The van der Waals surface area contributed by atoms with E-state index >= 15 is 0 Å². The molecule has 2 aliphatic carbocycles. The second-order valence-electron chi connectivity index (χ2n) is 13.8. The summed E-state index contributed by atoms with van der Waals surface area (Å²) >= 11 is 0. The lowest BCUT2D eigenvalue weighted by Crippen LogP contribution is -2.50. The standard InChI is InChI=1S/C32H35F6N7O2/c1-19-10-30(19)17-29(18-45(30)28(47)43-5-3-25(46)4-6-43)11-26(29)44(27-39-12-21(13-40-27)22-14-41-42(2)16-22)15-20-7-23(31(33,34)35)9-24(8-20)32(36,37)38/h7-9,12-14,16,19,25-26,46H,3-6,10-11,15,17-18H2,1-2H3/t19?,26?,29?,30-/m0/s1. The van der Waals surface area contributed by atoms with Gasteiger partial charge in [-0.25, -0.2) is 14.8 Å². The molecule has 2 saturated carbocycles. The molecule has 15 heteroatoms. The summed E-state index contributed by atoms with van der Waals surface area (Å²) in [5.41, 5.74) is -2.29. The van der Waals surface area contributed by atoms with Crippen LogP contribution in [-0.4, -0.2) is 78.0 Å². The second kappa shape index (κ2) is 10.8. The van der Waals surface area contributed by atoms with Gasteiger partial charge in [0.2, 0.25) is 5.95 Å². The summed E-state index contributed by atoms with van der Waals surface area (Å²) < 4.78 is 84.2. The first-order valence-corrected chi connectivity index (χ1v) is 15.7. The van der Waals surface area contributed by atoms with Crippen molar-refractivity contribution in [3.05, 3.63) is 59.7 Å². The Balaban J connectivity index is 1.22. The number of aryl methyl sites for hydroxylation is 1. The molecule has 0 radical (unpaired) electrons. The monoisotopic (exact) mass is 663 g/mol. The van der Waals surface area contributed by atoms with Crippen LogP contribution in [0, 0.1) is 11.3 Å². The van der Waals surface area contributed by atoms with Crippen molar-refractivity contribution in [1.82, 2.24) is 29.5 Å². The molecule has 252 valence electrons. The van der Waals surface area contributed by atoms with Crippen LogP contribution in [0.25, 0.3) is 11.1 Å². The van der Waals surface area contributed by atoms with Crippen molar-refractivity contribution < 1.29 is 36.2 Å². The molecule has 4 aliphatic rings. The van der Waals surface area contributed by atoms with E-state index in [0.717, 1.165) is 24.1 Å². The van der Waals surface area contributed by atoms with Gasteiger partial charge in [0, 0.05) is 79.9 Å². The molecule has 0 bridgehead atoms. The molecule has 9 nitrogen and oxygen atoms in total. The summed E-state index contributed by atoms with van der Waals surface area (Å²) in [4.78, 5) is 28.3. The molecule has 4 fully saturated rings. The molecule has 3 unspecified atom stereocenters. The maximum Gasteiger partial charge on any atom is 0.416 e. The Morgan fingerprint density at radius 3 is 2.13 bits per heavy atom. The number of nitrogens with zero attached hydrogens (tertiary/aromatic N) is 7. The minimum atomic E-state index is -4.98. The van der Waals surface area contributed by atoms with Gasteiger partial charge < -0.3 is 19.8 Å². The third-order valence-electron chi connectivity index (χ3n) is 10.5. The highest BCUT2D eigenvalue weighted by atomic mass is 19.4. The van der Waals surface area contributed by atoms with Gasteiger partial charge >= 0.3 is 18.4 Å². The van der Waals surface area contributed by atoms with Crippen LogP contribution in [0.15, 0.2) is 43.0 Å². The fourth-order valence-corrected chi connectivity index (χ4v) is 7.76. The van der Waals surface area contributed by atoms with Gasteiger partial charge in [0.1, 0.15) is 0 Å². The number of hydrogen-bond acceptors (Lipinski definition) is 6. The first-order chi connectivity index (χ1) is 22.1. The van der Waals surface area contributed by atoms with Gasteiger partial charge in [-0.15, -0.1) is 0 Å². The van der Waals surface area contributed by atoms with Crippen molar-refractivity contribution in [3.8, 4) is 11.1 Å². The average Bonchev–Trinajstić information content (AvgIpc) is 3.75. The lowest BCUT2D eigenvalue weighted by molar-refractivity contribution is -0.143. The highest BCUT2D eigenvalue weighted by molar-refractivity contribution is 5.77. The molecule has 2 aromatic heterocycles. The lowest BCUT2D eigenvalue weighted by atomic mass is 9.98. The minimum absolute atomic E-state index is 0.0832. The van der Waals surface area contributed by atoms with Crippen LogP contribution in [-0.2, 0) is 25.9 Å². The van der Waals surface area contributed by atoms with E-state index in [-0.39, 0.29) is 47.7 Å². The molecule has 2 amide bonds. The van der Waals surface area contributed by atoms with Crippen molar-refractivity contribution >= 4 is 12.0 Å². The van der Waals surface area contributed by atoms with E-state index in [1.54, 1.807) is 46.3 Å². The zero-order valence-corrected chi connectivity index (χ0v) is 25.9. The Hall–Kier alpha value is -3.88. The number of piperidine rings is 1. The fourth-order valence-electron chi connectivity index (χ4n) is 7.76. The molecule has 1 aromatic carbocycles. The van der Waals surface area contributed by atoms with Crippen molar-refractivity contribution in [3.63, 3.8) is 0 Å². The van der Waals surface area contributed by atoms with Gasteiger partial charge in [0.05, 0.1) is 23.4 Å². The van der Waals surface area contributed by atoms with Crippen LogP contribution in [0.1, 0.15) is 55.7 Å². The highest BCUT2D eigenvalue weighted by Gasteiger charge is 2.73. The smallest absolute Gasteiger partial charge is 0.393 e. The van der Waals surface area contributed by atoms with Crippen LogP contribution in [0.5, 0.6) is 0 Å². The third kappa shape index (κ3) is 5.80. The number of aliphatic hydroxyl groups is 1. The Bertz CT molecular complexity index is 1640. The number of alkyl halides is 6. The number of aromatic nitrogens is 4. The molecule has 1 N–H and O–H groups in total. The average molecular weight is 664 g/mol. The van der Waals surface area contributed by atoms with Crippen molar-refractivity contribution in [1.29, 1.82) is 0 Å². The number of anilines is 1. The van der Waals surface area contributed by atoms with Crippen LogP contribution >= 0.6 is 0 Å². The summed E-state index contributed by atoms with van der Waals surface area (Å²) in [7, 11) is 1.76. The Kier molecular flexibility index (Phi) is 7.30. The molecule has 4 heterocycles. The van der Waals surface area contributed by atoms with Crippen LogP contribution < -0.4 is 4.90 Å². The number of carbonyl (C=O) groups excluding carboxylic acids is 1. The van der Waals surface area contributed by atoms with Crippen LogP contribution in [0.4, 0.5) is 37.1 Å². The predicted molar refractivity (Wildman–Crippen MR) is 158 cm³/mol. The lowest BCUT2D eigenvalue weighted by Gasteiger charge is -2.36. The van der Waals surface area contributed by atoms with Crippen molar-refractivity contribution in [2.75, 3.05) is 24.5 Å². The summed E-state index contributed by atoms with van der Waals surface area (Å²) in [5.74, 6) is 0.432. The van der Waals surface area contributed by atoms with E-state index in [1.165, 1.54) is 0 Å². The third-order valence-corrected chi connectivity index (χ3v) is 10.5. The number of benzene rings is 1. The number of hydrogen-bond donors (Lipinski definition) is 1. The molecule has 4 atom stereocenters. The maximum absolute atomic E-state index is 13.8. The summed E-state index contributed by atoms with van der Waals surface area (Å²) in [6.07, 6.45) is -0.753. The highest BCUT2D eigenvalue weighted by Crippen LogP contribution is 2.69. The van der Waals surface area contributed by atoms with E-state index in [4.69, 9.17) is 0 Å². The summed E-state index contributed by atoms with van der Waals surface area (Å²) in [6, 6.07) is 1.23. The van der Waals surface area contributed by atoms with E-state index in [9.17, 15) is 36.2 Å². The van der Waals surface area contributed by atoms with Gasteiger partial charge in [0.25, 0.3) is 0 Å². The normalized spacial score (nSPS) is 27.6. The molecule has 2 saturated heterocycles. The molecule has 2 spiro atoms. The molecule has 47 heavy (non-hydrogen) atoms. The first kappa shape index (κ1) is 31.7. The number of likely N-dealkylation sites (tertiary alicyclic amines) is 2. The zero-order valence-electron chi connectivity index (χ0n) is 25.9. The maximum atomic E-state index is 13.8. The predicted octanol–water partition coefficient (Wildman–Crippen LogP) is 5.74. The van der Waals surface area contributed by atoms with E-state index in [1.807, 2.05) is 4.90 Å². The van der Waals surface area contributed by atoms with Gasteiger partial charge in [-0.2, -0.15) is 31.4 Å². The van der Waals surface area contributed by atoms with E-state index in [0.29, 0.717) is 50.9 Å². The van der Waals surface area contributed by atoms with Crippen molar-refractivity contribution in [2.45, 2.75) is 75.6 Å². The summed E-state index contributed by atoms with van der Waals surface area (Å²) in [5, 5.41) is 14.1. The zero-order chi connectivity index (χ0) is 33.5. The van der Waals surface area contributed by atoms with Crippen LogP contribution in [0.2, 0.25) is 0 Å². The number of rotatable bonds is 5. The van der Waals surface area contributed by atoms with Gasteiger partial charge in [-0.05, 0) is 61.8 Å². The van der Waals surface area contributed by atoms with E-state index in [2.05, 4.69) is 22.0 Å². The SMILES string of the molecule is CC1C[C@]12CC1(CC1N(Cc1cc(C(F)(F)F)cc(C(F)(F)F)c1)c1ncc(-c3cnn(C)c3)cn1)CN2C(=O)N1CCC(O)CC1. The van der Waals surface area contributed by atoms with E-state index < -0.39 is 35.0 Å². The van der Waals surface area contributed by atoms with Gasteiger partial charge in [-0.3, -0.25) is 4.68 Å². The topological polar surface area (TPSA) is 90.6 Å². The molecule has 2 aliphatic heterocycles. The Morgan fingerprint density at radius 1 is 0.979 bits per heavy atom. The molecular weight excluding hydrogens is 628 g/mol.